The maximum absolute atomic E-state index is 8.77. The zero-order chi connectivity index (χ0) is 18.4. The van der Waals surface area contributed by atoms with Crippen LogP contribution in [0.25, 0.3) is 0 Å². The van der Waals surface area contributed by atoms with E-state index in [9.17, 15) is 0 Å². The largest absolute Gasteiger partial charge is 0.411 e. The van der Waals surface area contributed by atoms with E-state index in [0.717, 1.165) is 19.3 Å². The molecular formula is C19H34ClNO2Si. The number of halogens is 1. The molecule has 0 aromatic rings. The average Bonchev–Trinajstić information content (AvgIpc) is 2.75. The zero-order valence-corrected chi connectivity index (χ0v) is 17.9. The second-order valence-electron chi connectivity index (χ2n) is 8.19. The van der Waals surface area contributed by atoms with Gasteiger partial charge in [-0.25, -0.2) is 0 Å². The van der Waals surface area contributed by atoms with Gasteiger partial charge in [-0.05, 0) is 43.8 Å². The number of ether oxygens (including phenoxy) is 1. The van der Waals surface area contributed by atoms with Crippen molar-refractivity contribution < 1.29 is 9.16 Å². The lowest BCUT2D eigenvalue weighted by atomic mass is 10.1. The molecule has 0 bridgehead atoms. The first kappa shape index (κ1) is 21.7. The van der Waals surface area contributed by atoms with E-state index in [1.165, 1.54) is 0 Å². The van der Waals surface area contributed by atoms with E-state index in [4.69, 9.17) is 26.0 Å². The summed E-state index contributed by atoms with van der Waals surface area (Å²) >= 11 is 6.49. The molecule has 0 spiro atoms. The summed E-state index contributed by atoms with van der Waals surface area (Å²) in [5.41, 5.74) is 0. The number of alkyl halides is 1. The lowest BCUT2D eigenvalue weighted by molar-refractivity contribution is -0.0685. The summed E-state index contributed by atoms with van der Waals surface area (Å²) in [7, 11) is -1.84. The fraction of sp³-hybridized carbons (Fsp3) is 0.842. The Bertz CT molecular complexity index is 453. The van der Waals surface area contributed by atoms with Gasteiger partial charge in [-0.15, -0.1) is 11.6 Å². The van der Waals surface area contributed by atoms with Crippen LogP contribution in [0.5, 0.6) is 0 Å². The predicted octanol–water partition coefficient (Wildman–Crippen LogP) is 5.80. The number of nitriles is 1. The van der Waals surface area contributed by atoms with Crippen LogP contribution < -0.4 is 0 Å². The van der Waals surface area contributed by atoms with E-state index in [1.807, 2.05) is 0 Å². The Hall–Kier alpha value is -0.343. The molecule has 0 aromatic heterocycles. The highest BCUT2D eigenvalue weighted by Crippen LogP contribution is 2.39. The molecule has 1 aliphatic rings. The molecule has 0 unspecified atom stereocenters. The van der Waals surface area contributed by atoms with E-state index < -0.39 is 8.32 Å². The first-order chi connectivity index (χ1) is 11.1. The Kier molecular flexibility index (Phi) is 8.48. The molecule has 138 valence electrons. The van der Waals surface area contributed by atoms with Gasteiger partial charge in [0.15, 0.2) is 8.32 Å². The van der Waals surface area contributed by atoms with Crippen LogP contribution in [0.1, 0.15) is 59.8 Å². The van der Waals surface area contributed by atoms with Crippen LogP contribution in [-0.2, 0) is 9.16 Å². The number of nitrogens with zero attached hydrogens (tertiary/aromatic N) is 1. The quantitative estimate of drug-likeness (QED) is 0.322. The van der Waals surface area contributed by atoms with Gasteiger partial charge in [-0.2, -0.15) is 5.26 Å². The highest BCUT2D eigenvalue weighted by atomic mass is 35.5. The van der Waals surface area contributed by atoms with Crippen LogP contribution >= 0.6 is 11.6 Å². The average molecular weight is 372 g/mol. The fourth-order valence-corrected chi connectivity index (χ4v) is 4.33. The minimum atomic E-state index is -1.84. The van der Waals surface area contributed by atoms with Crippen LogP contribution in [0.4, 0.5) is 0 Å². The Morgan fingerprint density at radius 3 is 2.38 bits per heavy atom. The van der Waals surface area contributed by atoms with Crippen LogP contribution in [0.2, 0.25) is 18.1 Å². The third kappa shape index (κ3) is 6.18. The molecule has 3 nitrogen and oxygen atoms in total. The normalized spacial score (nSPS) is 24.9. The van der Waals surface area contributed by atoms with E-state index in [0.29, 0.717) is 12.8 Å². The van der Waals surface area contributed by atoms with Crippen LogP contribution in [0.3, 0.4) is 0 Å². The highest BCUT2D eigenvalue weighted by molar-refractivity contribution is 6.74. The van der Waals surface area contributed by atoms with Crippen molar-refractivity contribution in [1.82, 2.24) is 0 Å². The molecule has 24 heavy (non-hydrogen) atoms. The first-order valence-corrected chi connectivity index (χ1v) is 12.5. The second-order valence-corrected chi connectivity index (χ2v) is 13.5. The van der Waals surface area contributed by atoms with Crippen molar-refractivity contribution in [2.75, 3.05) is 0 Å². The van der Waals surface area contributed by atoms with Gasteiger partial charge in [0.05, 0.1) is 29.8 Å². The van der Waals surface area contributed by atoms with Gasteiger partial charge in [0.2, 0.25) is 0 Å². The lowest BCUT2D eigenvalue weighted by Gasteiger charge is -2.41. The van der Waals surface area contributed by atoms with Crippen LogP contribution in [0, 0.1) is 11.3 Å². The van der Waals surface area contributed by atoms with Gasteiger partial charge in [-0.3, -0.25) is 0 Å². The Morgan fingerprint density at radius 1 is 1.29 bits per heavy atom. The second kappa shape index (κ2) is 9.38. The summed E-state index contributed by atoms with van der Waals surface area (Å²) in [6.45, 7) is 13.5. The van der Waals surface area contributed by atoms with Crippen LogP contribution in [0.15, 0.2) is 12.2 Å². The van der Waals surface area contributed by atoms with Crippen molar-refractivity contribution in [1.29, 1.82) is 5.26 Å². The molecule has 0 aliphatic carbocycles. The van der Waals surface area contributed by atoms with Gasteiger partial charge >= 0.3 is 0 Å². The molecule has 5 heteroatoms. The third-order valence-corrected chi connectivity index (χ3v) is 10.3. The summed E-state index contributed by atoms with van der Waals surface area (Å²) in [5.74, 6) is 0. The molecule has 0 radical (unpaired) electrons. The molecule has 1 heterocycles. The highest BCUT2D eigenvalue weighted by Gasteiger charge is 2.41. The summed E-state index contributed by atoms with van der Waals surface area (Å²) in [6.07, 6.45) is 8.19. The summed E-state index contributed by atoms with van der Waals surface area (Å²) in [6, 6.07) is 2.17. The van der Waals surface area contributed by atoms with Crippen molar-refractivity contribution in [3.8, 4) is 6.07 Å². The minimum Gasteiger partial charge on any atom is -0.411 e. The van der Waals surface area contributed by atoms with E-state index in [2.05, 4.69) is 59.0 Å². The molecule has 0 fully saturated rings. The Labute approximate surface area is 154 Å². The molecule has 0 saturated carbocycles. The standard InChI is InChI=1S/C19H34ClNO2Si/c1-7-16(23-24(5,6)19(2,3)4)18-13-9-8-12-17(22-18)15(20)11-10-14-21/h8-9,15-18H,7,10-13H2,1-6H3/t15-,16-,17-,18+/m1/s1. The van der Waals surface area contributed by atoms with E-state index >= 15 is 0 Å². The van der Waals surface area contributed by atoms with Gasteiger partial charge in [0, 0.05) is 6.42 Å². The molecule has 0 saturated heterocycles. The molecule has 0 aromatic carbocycles. The van der Waals surface area contributed by atoms with E-state index in [-0.39, 0.29) is 28.7 Å². The molecular weight excluding hydrogens is 338 g/mol. The molecule has 1 rings (SSSR count). The van der Waals surface area contributed by atoms with Gasteiger partial charge < -0.3 is 9.16 Å². The number of hydrogen-bond donors (Lipinski definition) is 0. The van der Waals surface area contributed by atoms with Gasteiger partial charge in [0.1, 0.15) is 0 Å². The minimum absolute atomic E-state index is 0.0382. The number of hydrogen-bond acceptors (Lipinski definition) is 3. The Morgan fingerprint density at radius 2 is 1.88 bits per heavy atom. The van der Waals surface area contributed by atoms with Crippen molar-refractivity contribution in [3.63, 3.8) is 0 Å². The summed E-state index contributed by atoms with van der Waals surface area (Å²) in [5, 5.41) is 8.83. The monoisotopic (exact) mass is 371 g/mol. The third-order valence-electron chi connectivity index (χ3n) is 5.26. The maximum atomic E-state index is 8.77. The SMILES string of the molecule is CC[C@@H](O[Si](C)(C)C(C)(C)C)[C@@H]1CC=CC[C@H]([C@H](Cl)CCC#N)O1. The maximum Gasteiger partial charge on any atom is 0.192 e. The summed E-state index contributed by atoms with van der Waals surface area (Å²) < 4.78 is 13.0. The lowest BCUT2D eigenvalue weighted by Crippen LogP contribution is -2.48. The van der Waals surface area contributed by atoms with Gasteiger partial charge in [0.25, 0.3) is 0 Å². The topological polar surface area (TPSA) is 42.2 Å². The van der Waals surface area contributed by atoms with Crippen molar-refractivity contribution in [2.24, 2.45) is 0 Å². The first-order valence-electron chi connectivity index (χ1n) is 9.11. The predicted molar refractivity (Wildman–Crippen MR) is 104 cm³/mol. The molecule has 4 atom stereocenters. The van der Waals surface area contributed by atoms with Gasteiger partial charge in [-0.1, -0.05) is 39.8 Å². The van der Waals surface area contributed by atoms with E-state index in [1.54, 1.807) is 0 Å². The van der Waals surface area contributed by atoms with Crippen LogP contribution in [-0.4, -0.2) is 32.0 Å². The Balaban J connectivity index is 2.81. The van der Waals surface area contributed by atoms with Crippen molar-refractivity contribution in [3.05, 3.63) is 12.2 Å². The molecule has 0 N–H and O–H groups in total. The van der Waals surface area contributed by atoms with Crippen molar-refractivity contribution in [2.45, 2.75) is 102 Å². The zero-order valence-electron chi connectivity index (χ0n) is 16.1. The number of rotatable bonds is 7. The fourth-order valence-electron chi connectivity index (χ4n) is 2.63. The van der Waals surface area contributed by atoms with Crippen molar-refractivity contribution >= 4 is 19.9 Å². The smallest absolute Gasteiger partial charge is 0.192 e. The molecule has 0 amide bonds. The molecule has 1 aliphatic heterocycles. The summed E-state index contributed by atoms with van der Waals surface area (Å²) in [4.78, 5) is 0.